The van der Waals surface area contributed by atoms with Gasteiger partial charge in [0.25, 0.3) is 0 Å². The largest absolute Gasteiger partial charge is 0.476 e. The molecule has 1 N–H and O–H groups in total. The van der Waals surface area contributed by atoms with E-state index in [0.717, 1.165) is 5.56 Å². The van der Waals surface area contributed by atoms with Gasteiger partial charge in [-0.05, 0) is 19.1 Å². The van der Waals surface area contributed by atoms with Crippen molar-refractivity contribution < 1.29 is 9.90 Å². The molecule has 94 valence electrons. The van der Waals surface area contributed by atoms with Gasteiger partial charge < -0.3 is 5.11 Å². The summed E-state index contributed by atoms with van der Waals surface area (Å²) in [5, 5.41) is 13.4. The SMILES string of the molecule is Cc1ccc(-c2ccc3ncc(C(=O)O)n3n2)cc1. The summed E-state index contributed by atoms with van der Waals surface area (Å²) in [5.74, 6) is -1.04. The minimum absolute atomic E-state index is 0.0592. The van der Waals surface area contributed by atoms with Crippen LogP contribution in [0.1, 0.15) is 16.1 Å². The Morgan fingerprint density at radius 2 is 1.89 bits per heavy atom. The van der Waals surface area contributed by atoms with Crippen LogP contribution >= 0.6 is 0 Å². The maximum atomic E-state index is 11.1. The van der Waals surface area contributed by atoms with Crippen LogP contribution in [0, 0.1) is 6.92 Å². The van der Waals surface area contributed by atoms with E-state index < -0.39 is 5.97 Å². The molecule has 0 aliphatic heterocycles. The first kappa shape index (κ1) is 11.4. The molecule has 0 atom stereocenters. The molecule has 2 heterocycles. The second-order valence-electron chi connectivity index (χ2n) is 4.30. The van der Waals surface area contributed by atoms with E-state index in [-0.39, 0.29) is 5.69 Å². The number of carboxylic acid groups (broad SMARTS) is 1. The third-order valence-corrected chi connectivity index (χ3v) is 2.93. The first-order valence-electron chi connectivity index (χ1n) is 5.80. The molecule has 0 unspecified atom stereocenters. The van der Waals surface area contributed by atoms with Gasteiger partial charge in [-0.1, -0.05) is 29.8 Å². The first-order chi connectivity index (χ1) is 9.15. The molecule has 5 heteroatoms. The molecule has 0 aliphatic carbocycles. The van der Waals surface area contributed by atoms with Gasteiger partial charge >= 0.3 is 5.97 Å². The highest BCUT2D eigenvalue weighted by molar-refractivity contribution is 5.86. The lowest BCUT2D eigenvalue weighted by Crippen LogP contribution is -2.05. The Morgan fingerprint density at radius 3 is 2.58 bits per heavy atom. The number of imidazole rings is 1. The summed E-state index contributed by atoms with van der Waals surface area (Å²) in [4.78, 5) is 15.1. The van der Waals surface area contributed by atoms with Gasteiger partial charge in [0.05, 0.1) is 11.9 Å². The number of benzene rings is 1. The van der Waals surface area contributed by atoms with Gasteiger partial charge in [-0.3, -0.25) is 0 Å². The number of aromatic carboxylic acids is 1. The third-order valence-electron chi connectivity index (χ3n) is 2.93. The summed E-state index contributed by atoms with van der Waals surface area (Å²) in [6, 6.07) is 11.5. The molecule has 0 amide bonds. The molecule has 0 bridgehead atoms. The molecule has 0 radical (unpaired) electrons. The number of fused-ring (bicyclic) bond motifs is 1. The fourth-order valence-electron chi connectivity index (χ4n) is 1.90. The first-order valence-corrected chi connectivity index (χ1v) is 5.80. The maximum absolute atomic E-state index is 11.1. The number of hydrogen-bond acceptors (Lipinski definition) is 3. The van der Waals surface area contributed by atoms with Crippen LogP contribution in [0.25, 0.3) is 16.9 Å². The molecular weight excluding hydrogens is 242 g/mol. The van der Waals surface area contributed by atoms with Crippen molar-refractivity contribution >= 4 is 11.6 Å². The van der Waals surface area contributed by atoms with E-state index in [2.05, 4.69) is 10.1 Å². The number of carboxylic acids is 1. The van der Waals surface area contributed by atoms with E-state index in [1.807, 2.05) is 37.3 Å². The van der Waals surface area contributed by atoms with Crippen LogP contribution in [0.2, 0.25) is 0 Å². The molecule has 1 aromatic carbocycles. The average molecular weight is 253 g/mol. The topological polar surface area (TPSA) is 67.5 Å². The zero-order valence-electron chi connectivity index (χ0n) is 10.2. The van der Waals surface area contributed by atoms with E-state index in [1.165, 1.54) is 16.3 Å². The highest BCUT2D eigenvalue weighted by Crippen LogP contribution is 2.18. The maximum Gasteiger partial charge on any atom is 0.356 e. The van der Waals surface area contributed by atoms with Gasteiger partial charge in [0.1, 0.15) is 0 Å². The molecule has 2 aromatic heterocycles. The van der Waals surface area contributed by atoms with Crippen molar-refractivity contribution in [3.05, 3.63) is 53.9 Å². The average Bonchev–Trinajstić information content (AvgIpc) is 2.82. The summed E-state index contributed by atoms with van der Waals surface area (Å²) >= 11 is 0. The van der Waals surface area contributed by atoms with Crippen LogP contribution in [0.3, 0.4) is 0 Å². The van der Waals surface area contributed by atoms with Gasteiger partial charge in [0.2, 0.25) is 0 Å². The van der Waals surface area contributed by atoms with Crippen molar-refractivity contribution in [1.82, 2.24) is 14.6 Å². The van der Waals surface area contributed by atoms with Gasteiger partial charge in [0.15, 0.2) is 11.3 Å². The Hall–Kier alpha value is -2.69. The minimum Gasteiger partial charge on any atom is -0.476 e. The van der Waals surface area contributed by atoms with Crippen LogP contribution < -0.4 is 0 Å². The van der Waals surface area contributed by atoms with Crippen LogP contribution in [0.4, 0.5) is 0 Å². The van der Waals surface area contributed by atoms with Gasteiger partial charge in [-0.25, -0.2) is 14.3 Å². The minimum atomic E-state index is -1.04. The molecular formula is C14H11N3O2. The van der Waals surface area contributed by atoms with Crippen LogP contribution in [-0.2, 0) is 0 Å². The zero-order chi connectivity index (χ0) is 13.4. The van der Waals surface area contributed by atoms with Gasteiger partial charge in [-0.2, -0.15) is 5.10 Å². The molecule has 0 saturated carbocycles. The van der Waals surface area contributed by atoms with Crippen LogP contribution in [-0.4, -0.2) is 25.7 Å². The molecule has 19 heavy (non-hydrogen) atoms. The molecule has 0 fully saturated rings. The summed E-state index contributed by atoms with van der Waals surface area (Å²) < 4.78 is 1.34. The van der Waals surface area contributed by atoms with Crippen molar-refractivity contribution in [3.63, 3.8) is 0 Å². The number of rotatable bonds is 2. The Kier molecular flexibility index (Phi) is 2.52. The molecule has 0 spiro atoms. The molecule has 5 nitrogen and oxygen atoms in total. The van der Waals surface area contributed by atoms with Gasteiger partial charge in [0, 0.05) is 5.56 Å². The summed E-state index contributed by atoms with van der Waals surface area (Å²) in [7, 11) is 0. The highest BCUT2D eigenvalue weighted by Gasteiger charge is 2.12. The number of aromatic nitrogens is 3. The monoisotopic (exact) mass is 253 g/mol. The van der Waals surface area contributed by atoms with E-state index in [1.54, 1.807) is 6.07 Å². The highest BCUT2D eigenvalue weighted by atomic mass is 16.4. The summed E-state index contributed by atoms with van der Waals surface area (Å²) in [6.07, 6.45) is 1.31. The number of nitrogens with zero attached hydrogens (tertiary/aromatic N) is 3. The van der Waals surface area contributed by atoms with Crippen molar-refractivity contribution in [2.75, 3.05) is 0 Å². The van der Waals surface area contributed by atoms with Crippen LogP contribution in [0.15, 0.2) is 42.6 Å². The zero-order valence-corrected chi connectivity index (χ0v) is 10.2. The Bertz CT molecular complexity index is 760. The number of carbonyl (C=O) groups is 1. The molecule has 0 saturated heterocycles. The smallest absolute Gasteiger partial charge is 0.356 e. The van der Waals surface area contributed by atoms with E-state index >= 15 is 0 Å². The normalized spacial score (nSPS) is 10.8. The molecule has 3 aromatic rings. The number of aryl methyl sites for hydroxylation is 1. The Balaban J connectivity index is 2.17. The summed E-state index contributed by atoms with van der Waals surface area (Å²) in [6.45, 7) is 2.01. The van der Waals surface area contributed by atoms with Crippen molar-refractivity contribution in [2.45, 2.75) is 6.92 Å². The lowest BCUT2D eigenvalue weighted by molar-refractivity contribution is 0.0688. The predicted octanol–water partition coefficient (Wildman–Crippen LogP) is 2.40. The van der Waals surface area contributed by atoms with Crippen LogP contribution in [0.5, 0.6) is 0 Å². The second kappa shape index (κ2) is 4.20. The predicted molar refractivity (Wildman–Crippen MR) is 70.1 cm³/mol. The standard InChI is InChI=1S/C14H11N3O2/c1-9-2-4-10(5-3-9)11-6-7-13-15-8-12(14(18)19)17(13)16-11/h2-8H,1H3,(H,18,19). The Labute approximate surface area is 109 Å². The Morgan fingerprint density at radius 1 is 1.16 bits per heavy atom. The third kappa shape index (κ3) is 1.95. The fourth-order valence-corrected chi connectivity index (χ4v) is 1.90. The van der Waals surface area contributed by atoms with Gasteiger partial charge in [-0.15, -0.1) is 0 Å². The second-order valence-corrected chi connectivity index (χ2v) is 4.30. The molecule has 0 aliphatic rings. The lowest BCUT2D eigenvalue weighted by Gasteiger charge is -2.03. The lowest BCUT2D eigenvalue weighted by atomic mass is 10.1. The van der Waals surface area contributed by atoms with E-state index in [0.29, 0.717) is 11.3 Å². The van der Waals surface area contributed by atoms with E-state index in [9.17, 15) is 4.79 Å². The van der Waals surface area contributed by atoms with Crippen molar-refractivity contribution in [2.24, 2.45) is 0 Å². The van der Waals surface area contributed by atoms with Crippen molar-refractivity contribution in [3.8, 4) is 11.3 Å². The fraction of sp³-hybridized carbons (Fsp3) is 0.0714. The molecule has 3 rings (SSSR count). The van der Waals surface area contributed by atoms with Crippen molar-refractivity contribution in [1.29, 1.82) is 0 Å². The quantitative estimate of drug-likeness (QED) is 0.761. The van der Waals surface area contributed by atoms with E-state index in [4.69, 9.17) is 5.11 Å². The number of hydrogen-bond donors (Lipinski definition) is 1. The summed E-state index contributed by atoms with van der Waals surface area (Å²) in [5.41, 5.74) is 3.40.